The van der Waals surface area contributed by atoms with Gasteiger partial charge in [0.15, 0.2) is 0 Å². The lowest BCUT2D eigenvalue weighted by Gasteiger charge is -2.11. The van der Waals surface area contributed by atoms with E-state index >= 15 is 0 Å². The van der Waals surface area contributed by atoms with Crippen molar-refractivity contribution in [1.29, 1.82) is 0 Å². The van der Waals surface area contributed by atoms with Crippen LogP contribution in [0, 0.1) is 0 Å². The van der Waals surface area contributed by atoms with Gasteiger partial charge < -0.3 is 5.32 Å². The third kappa shape index (κ3) is 4.40. The normalized spacial score (nSPS) is 14.4. The van der Waals surface area contributed by atoms with Crippen molar-refractivity contribution in [2.75, 3.05) is 0 Å². The second-order valence-corrected chi connectivity index (χ2v) is 7.15. The Kier molecular flexibility index (Phi) is 5.12. The lowest BCUT2D eigenvalue weighted by molar-refractivity contribution is 0.680. The zero-order chi connectivity index (χ0) is 14.7. The largest absolute Gasteiger partial charge is 0.310 e. The van der Waals surface area contributed by atoms with Gasteiger partial charge in [-0.05, 0) is 48.2 Å². The topological polar surface area (TPSA) is 12.0 Å². The van der Waals surface area contributed by atoms with Crippen LogP contribution in [0.3, 0.4) is 0 Å². The van der Waals surface area contributed by atoms with Gasteiger partial charge >= 0.3 is 0 Å². The summed E-state index contributed by atoms with van der Waals surface area (Å²) in [6.07, 6.45) is 2.59. The van der Waals surface area contributed by atoms with E-state index in [9.17, 15) is 0 Å². The molecular formula is C17H17Cl2NS. The second kappa shape index (κ2) is 7.06. The molecule has 1 nitrogen and oxygen atoms in total. The number of rotatable bonds is 6. The van der Waals surface area contributed by atoms with Crippen molar-refractivity contribution >= 4 is 35.0 Å². The van der Waals surface area contributed by atoms with Crippen molar-refractivity contribution in [2.24, 2.45) is 0 Å². The minimum Gasteiger partial charge on any atom is -0.310 e. The van der Waals surface area contributed by atoms with Crippen LogP contribution in [0.25, 0.3) is 0 Å². The number of halogens is 2. The molecule has 4 heteroatoms. The van der Waals surface area contributed by atoms with Crippen LogP contribution in [-0.4, -0.2) is 6.04 Å². The highest BCUT2D eigenvalue weighted by atomic mass is 35.5. The van der Waals surface area contributed by atoms with Crippen LogP contribution in [0.2, 0.25) is 10.0 Å². The Balaban J connectivity index is 1.70. The summed E-state index contributed by atoms with van der Waals surface area (Å²) in [7, 11) is 0. The Morgan fingerprint density at radius 3 is 2.62 bits per heavy atom. The van der Waals surface area contributed by atoms with Crippen LogP contribution >= 0.6 is 35.0 Å². The summed E-state index contributed by atoms with van der Waals surface area (Å²) < 4.78 is 0. The summed E-state index contributed by atoms with van der Waals surface area (Å²) in [5.41, 5.74) is 2.44. The van der Waals surface area contributed by atoms with Gasteiger partial charge in [0, 0.05) is 33.3 Å². The number of nitrogens with one attached hydrogen (secondary N) is 1. The maximum atomic E-state index is 6.22. The van der Waals surface area contributed by atoms with Crippen LogP contribution in [-0.2, 0) is 12.3 Å². The molecule has 1 aliphatic rings. The molecule has 110 valence electrons. The van der Waals surface area contributed by atoms with E-state index in [4.69, 9.17) is 23.2 Å². The number of thioether (sulfide) groups is 1. The predicted octanol–water partition coefficient (Wildman–Crippen LogP) is 5.54. The third-order valence-electron chi connectivity index (χ3n) is 3.52. The minimum atomic E-state index is 0.699. The summed E-state index contributed by atoms with van der Waals surface area (Å²) in [5.74, 6) is 0.873. The molecule has 1 N–H and O–H groups in total. The lowest BCUT2D eigenvalue weighted by atomic mass is 10.2. The van der Waals surface area contributed by atoms with E-state index in [2.05, 4.69) is 23.5 Å². The molecule has 0 bridgehead atoms. The van der Waals surface area contributed by atoms with Crippen molar-refractivity contribution in [3.8, 4) is 0 Å². The second-order valence-electron chi connectivity index (χ2n) is 5.29. The van der Waals surface area contributed by atoms with E-state index in [1.54, 1.807) is 0 Å². The SMILES string of the molecule is Clc1ccc(SCc2ccccc2Cl)c(CNC2CC2)c1. The molecule has 21 heavy (non-hydrogen) atoms. The van der Waals surface area contributed by atoms with Crippen LogP contribution in [0.5, 0.6) is 0 Å². The quantitative estimate of drug-likeness (QED) is 0.694. The smallest absolute Gasteiger partial charge is 0.0446 e. The van der Waals surface area contributed by atoms with E-state index in [1.165, 1.54) is 28.9 Å². The van der Waals surface area contributed by atoms with Gasteiger partial charge in [0.05, 0.1) is 0 Å². The number of benzene rings is 2. The first-order valence-electron chi connectivity index (χ1n) is 7.10. The van der Waals surface area contributed by atoms with Gasteiger partial charge in [0.2, 0.25) is 0 Å². The molecule has 1 aliphatic carbocycles. The van der Waals surface area contributed by atoms with Crippen molar-refractivity contribution < 1.29 is 0 Å². The first kappa shape index (κ1) is 15.2. The highest BCUT2D eigenvalue weighted by Crippen LogP contribution is 2.31. The summed E-state index contributed by atoms with van der Waals surface area (Å²) in [6, 6.07) is 14.8. The van der Waals surface area contributed by atoms with E-state index in [0.29, 0.717) is 6.04 Å². The first-order chi connectivity index (χ1) is 10.2. The van der Waals surface area contributed by atoms with Gasteiger partial charge in [-0.15, -0.1) is 11.8 Å². The van der Waals surface area contributed by atoms with Crippen molar-refractivity contribution in [1.82, 2.24) is 5.32 Å². The Morgan fingerprint density at radius 1 is 1.05 bits per heavy atom. The lowest BCUT2D eigenvalue weighted by Crippen LogP contribution is -2.15. The Bertz CT molecular complexity index is 626. The Hall–Kier alpha value is -0.670. The molecule has 0 spiro atoms. The average Bonchev–Trinajstić information content (AvgIpc) is 3.30. The summed E-state index contributed by atoms with van der Waals surface area (Å²) in [6.45, 7) is 0.885. The van der Waals surface area contributed by atoms with Crippen molar-refractivity contribution in [3.05, 3.63) is 63.6 Å². The average molecular weight is 338 g/mol. The molecule has 2 aromatic rings. The van der Waals surface area contributed by atoms with Gasteiger partial charge in [0.1, 0.15) is 0 Å². The number of hydrogen-bond donors (Lipinski definition) is 1. The molecule has 0 heterocycles. The molecule has 0 aliphatic heterocycles. The van der Waals surface area contributed by atoms with E-state index in [0.717, 1.165) is 22.3 Å². The van der Waals surface area contributed by atoms with Gasteiger partial charge in [-0.1, -0.05) is 41.4 Å². The van der Waals surface area contributed by atoms with Crippen LogP contribution in [0.4, 0.5) is 0 Å². The van der Waals surface area contributed by atoms with Crippen LogP contribution in [0.1, 0.15) is 24.0 Å². The molecule has 0 saturated heterocycles. The van der Waals surface area contributed by atoms with Gasteiger partial charge in [-0.2, -0.15) is 0 Å². The zero-order valence-electron chi connectivity index (χ0n) is 11.6. The first-order valence-corrected chi connectivity index (χ1v) is 8.84. The molecule has 0 aromatic heterocycles. The van der Waals surface area contributed by atoms with Gasteiger partial charge in [0.25, 0.3) is 0 Å². The highest BCUT2D eigenvalue weighted by Gasteiger charge is 2.20. The molecule has 3 rings (SSSR count). The molecule has 0 radical (unpaired) electrons. The summed E-state index contributed by atoms with van der Waals surface area (Å²) in [5, 5.41) is 5.18. The van der Waals surface area contributed by atoms with Crippen molar-refractivity contribution in [3.63, 3.8) is 0 Å². The number of hydrogen-bond acceptors (Lipinski definition) is 2. The fourth-order valence-electron chi connectivity index (χ4n) is 2.14. The standard InChI is InChI=1S/C17H17Cl2NS/c18-14-5-8-17(13(9-14)10-20-15-6-7-15)21-11-12-3-1-2-4-16(12)19/h1-5,8-9,15,20H,6-7,10-11H2. The monoisotopic (exact) mass is 337 g/mol. The maximum Gasteiger partial charge on any atom is 0.0446 e. The maximum absolute atomic E-state index is 6.22. The minimum absolute atomic E-state index is 0.699. The molecule has 1 saturated carbocycles. The van der Waals surface area contributed by atoms with E-state index in [-0.39, 0.29) is 0 Å². The predicted molar refractivity (Wildman–Crippen MR) is 92.3 cm³/mol. The molecular weight excluding hydrogens is 321 g/mol. The van der Waals surface area contributed by atoms with E-state index < -0.39 is 0 Å². The molecule has 0 amide bonds. The molecule has 0 atom stereocenters. The van der Waals surface area contributed by atoms with Gasteiger partial charge in [-0.3, -0.25) is 0 Å². The summed E-state index contributed by atoms with van der Waals surface area (Å²) >= 11 is 14.2. The van der Waals surface area contributed by atoms with Crippen molar-refractivity contribution in [2.45, 2.75) is 36.1 Å². The van der Waals surface area contributed by atoms with Crippen LogP contribution in [0.15, 0.2) is 47.4 Å². The molecule has 1 fully saturated rings. The van der Waals surface area contributed by atoms with Gasteiger partial charge in [-0.25, -0.2) is 0 Å². The summed E-state index contributed by atoms with van der Waals surface area (Å²) in [4.78, 5) is 1.27. The highest BCUT2D eigenvalue weighted by molar-refractivity contribution is 7.98. The Morgan fingerprint density at radius 2 is 1.86 bits per heavy atom. The fraction of sp³-hybridized carbons (Fsp3) is 0.294. The van der Waals surface area contributed by atoms with Crippen LogP contribution < -0.4 is 5.32 Å². The zero-order valence-corrected chi connectivity index (χ0v) is 13.9. The fourth-order valence-corrected chi connectivity index (χ4v) is 3.66. The van der Waals surface area contributed by atoms with E-state index in [1.807, 2.05) is 36.0 Å². The Labute approximate surface area is 140 Å². The molecule has 2 aromatic carbocycles. The third-order valence-corrected chi connectivity index (χ3v) is 5.29. The molecule has 0 unspecified atom stereocenters.